The molecule has 0 spiro atoms. The molecule has 2 aromatic carbocycles. The van der Waals surface area contributed by atoms with Crippen molar-refractivity contribution in [3.05, 3.63) is 71.5 Å². The summed E-state index contributed by atoms with van der Waals surface area (Å²) in [5.74, 6) is -1.40. The van der Waals surface area contributed by atoms with Gasteiger partial charge in [-0.25, -0.2) is 4.79 Å². The van der Waals surface area contributed by atoms with E-state index in [1.54, 1.807) is 30.3 Å². The Labute approximate surface area is 163 Å². The van der Waals surface area contributed by atoms with Gasteiger partial charge in [0.05, 0.1) is 5.56 Å². The average Bonchev–Trinajstić information content (AvgIpc) is 3.08. The minimum absolute atomic E-state index is 0.0630. The lowest BCUT2D eigenvalue weighted by Gasteiger charge is -2.10. The minimum atomic E-state index is -4.53. The fourth-order valence-electron chi connectivity index (χ4n) is 2.58. The van der Waals surface area contributed by atoms with Gasteiger partial charge in [0, 0.05) is 11.3 Å². The number of aromatic nitrogens is 1. The summed E-state index contributed by atoms with van der Waals surface area (Å²) < 4.78 is 48.3. The van der Waals surface area contributed by atoms with Crippen LogP contribution in [0, 0.1) is 6.92 Å². The van der Waals surface area contributed by atoms with Crippen molar-refractivity contribution < 1.29 is 32.0 Å². The molecule has 0 aliphatic carbocycles. The van der Waals surface area contributed by atoms with Crippen molar-refractivity contribution in [2.75, 3.05) is 11.9 Å². The molecule has 9 heteroatoms. The van der Waals surface area contributed by atoms with Gasteiger partial charge in [0.1, 0.15) is 17.0 Å². The van der Waals surface area contributed by atoms with Crippen molar-refractivity contribution in [3.63, 3.8) is 0 Å². The Morgan fingerprint density at radius 2 is 1.83 bits per heavy atom. The Balaban J connectivity index is 1.66. The molecule has 0 aliphatic rings. The number of carbonyl (C=O) groups excluding carboxylic acids is 2. The molecule has 150 valence electrons. The highest BCUT2D eigenvalue weighted by atomic mass is 19.4. The van der Waals surface area contributed by atoms with Crippen molar-refractivity contribution in [2.24, 2.45) is 0 Å². The maximum absolute atomic E-state index is 12.7. The number of aryl methyl sites for hydroxylation is 1. The predicted molar refractivity (Wildman–Crippen MR) is 97.0 cm³/mol. The molecule has 3 aromatic rings. The molecule has 1 heterocycles. The summed E-state index contributed by atoms with van der Waals surface area (Å²) in [6, 6.07) is 12.9. The van der Waals surface area contributed by atoms with Gasteiger partial charge in [-0.3, -0.25) is 4.79 Å². The average molecular weight is 404 g/mol. The summed E-state index contributed by atoms with van der Waals surface area (Å²) in [6.45, 7) is 0.840. The second kappa shape index (κ2) is 8.17. The van der Waals surface area contributed by atoms with E-state index < -0.39 is 30.2 Å². The van der Waals surface area contributed by atoms with Gasteiger partial charge in [-0.2, -0.15) is 13.2 Å². The lowest BCUT2D eigenvalue weighted by Crippen LogP contribution is -2.21. The second-order valence-corrected chi connectivity index (χ2v) is 6.03. The monoisotopic (exact) mass is 404 g/mol. The number of ether oxygens (including phenoxy) is 1. The number of esters is 1. The van der Waals surface area contributed by atoms with Gasteiger partial charge >= 0.3 is 12.1 Å². The third-order valence-corrected chi connectivity index (χ3v) is 3.92. The number of benzene rings is 2. The third-order valence-electron chi connectivity index (χ3n) is 3.92. The normalized spacial score (nSPS) is 11.2. The van der Waals surface area contributed by atoms with Crippen LogP contribution in [0.2, 0.25) is 0 Å². The highest BCUT2D eigenvalue weighted by molar-refractivity contribution is 5.99. The molecule has 0 aliphatic heterocycles. The maximum Gasteiger partial charge on any atom is 0.416 e. The molecular weight excluding hydrogens is 389 g/mol. The van der Waals surface area contributed by atoms with Gasteiger partial charge < -0.3 is 14.6 Å². The van der Waals surface area contributed by atoms with Gasteiger partial charge in [0.2, 0.25) is 0 Å². The molecule has 0 unspecified atom stereocenters. The molecule has 0 saturated carbocycles. The highest BCUT2D eigenvalue weighted by Gasteiger charge is 2.30. The van der Waals surface area contributed by atoms with E-state index in [0.29, 0.717) is 5.56 Å². The zero-order valence-corrected chi connectivity index (χ0v) is 15.1. The predicted octanol–water partition coefficient (Wildman–Crippen LogP) is 4.46. The topological polar surface area (TPSA) is 81.4 Å². The Hall–Kier alpha value is -3.62. The van der Waals surface area contributed by atoms with Crippen molar-refractivity contribution in [1.82, 2.24) is 5.16 Å². The summed E-state index contributed by atoms with van der Waals surface area (Å²) in [5, 5.41) is 6.11. The zero-order chi connectivity index (χ0) is 21.0. The van der Waals surface area contributed by atoms with E-state index in [2.05, 4.69) is 10.5 Å². The molecule has 1 N–H and O–H groups in total. The first-order valence-electron chi connectivity index (χ1n) is 8.41. The van der Waals surface area contributed by atoms with Crippen molar-refractivity contribution in [3.8, 4) is 11.3 Å². The molecule has 0 fully saturated rings. The van der Waals surface area contributed by atoms with Crippen LogP contribution >= 0.6 is 0 Å². The van der Waals surface area contributed by atoms with Gasteiger partial charge in [0.15, 0.2) is 6.61 Å². The first kappa shape index (κ1) is 20.1. The van der Waals surface area contributed by atoms with E-state index in [1.807, 2.05) is 0 Å². The number of halogens is 3. The lowest BCUT2D eigenvalue weighted by molar-refractivity contribution is -0.137. The summed E-state index contributed by atoms with van der Waals surface area (Å²) in [7, 11) is 0. The summed E-state index contributed by atoms with van der Waals surface area (Å²) in [5.41, 5.74) is 0.00562. The van der Waals surface area contributed by atoms with Crippen LogP contribution in [-0.2, 0) is 15.7 Å². The molecule has 29 heavy (non-hydrogen) atoms. The second-order valence-electron chi connectivity index (χ2n) is 6.03. The van der Waals surface area contributed by atoms with Crippen LogP contribution in [0.5, 0.6) is 0 Å². The van der Waals surface area contributed by atoms with Crippen LogP contribution < -0.4 is 5.32 Å². The SMILES string of the molecule is Cc1onc(-c2ccccc2)c1C(=O)OCC(=O)Nc1cccc(C(F)(F)F)c1. The smallest absolute Gasteiger partial charge is 0.416 e. The van der Waals surface area contributed by atoms with Crippen molar-refractivity contribution in [2.45, 2.75) is 13.1 Å². The fourth-order valence-corrected chi connectivity index (χ4v) is 2.58. The molecule has 3 rings (SSSR count). The lowest BCUT2D eigenvalue weighted by atomic mass is 10.1. The number of nitrogens with one attached hydrogen (secondary N) is 1. The molecule has 0 radical (unpaired) electrons. The summed E-state index contributed by atoms with van der Waals surface area (Å²) in [4.78, 5) is 24.4. The molecule has 0 atom stereocenters. The van der Waals surface area contributed by atoms with Crippen LogP contribution in [0.25, 0.3) is 11.3 Å². The number of anilines is 1. The number of nitrogens with zero attached hydrogens (tertiary/aromatic N) is 1. The quantitative estimate of drug-likeness (QED) is 0.635. The zero-order valence-electron chi connectivity index (χ0n) is 15.1. The van der Waals surface area contributed by atoms with Crippen LogP contribution in [0.4, 0.5) is 18.9 Å². The largest absolute Gasteiger partial charge is 0.452 e. The molecule has 0 bridgehead atoms. The van der Waals surface area contributed by atoms with Gasteiger partial charge in [-0.15, -0.1) is 0 Å². The number of amides is 1. The van der Waals surface area contributed by atoms with E-state index in [4.69, 9.17) is 9.26 Å². The third kappa shape index (κ3) is 4.81. The Bertz CT molecular complexity index is 1030. The van der Waals surface area contributed by atoms with Gasteiger partial charge in [0.25, 0.3) is 5.91 Å². The number of rotatable bonds is 5. The van der Waals surface area contributed by atoms with E-state index in [9.17, 15) is 22.8 Å². The molecule has 0 saturated heterocycles. The van der Waals surface area contributed by atoms with E-state index in [1.165, 1.54) is 13.0 Å². The number of hydrogen-bond acceptors (Lipinski definition) is 5. The maximum atomic E-state index is 12.7. The Morgan fingerprint density at radius 1 is 1.10 bits per heavy atom. The van der Waals surface area contributed by atoms with E-state index in [0.717, 1.165) is 18.2 Å². The summed E-state index contributed by atoms with van der Waals surface area (Å²) in [6.07, 6.45) is -4.53. The summed E-state index contributed by atoms with van der Waals surface area (Å²) >= 11 is 0. The number of alkyl halides is 3. The molecule has 6 nitrogen and oxygen atoms in total. The van der Waals surface area contributed by atoms with Crippen LogP contribution in [0.3, 0.4) is 0 Å². The number of hydrogen-bond donors (Lipinski definition) is 1. The highest BCUT2D eigenvalue weighted by Crippen LogP contribution is 2.30. The van der Waals surface area contributed by atoms with Crippen LogP contribution in [-0.4, -0.2) is 23.6 Å². The first-order valence-corrected chi connectivity index (χ1v) is 8.41. The van der Waals surface area contributed by atoms with Crippen LogP contribution in [0.15, 0.2) is 59.1 Å². The van der Waals surface area contributed by atoms with Crippen LogP contribution in [0.1, 0.15) is 21.7 Å². The first-order chi connectivity index (χ1) is 13.8. The Morgan fingerprint density at radius 3 is 2.52 bits per heavy atom. The van der Waals surface area contributed by atoms with Crippen molar-refractivity contribution in [1.29, 1.82) is 0 Å². The Kier molecular flexibility index (Phi) is 5.67. The molecule has 1 aromatic heterocycles. The van der Waals surface area contributed by atoms with E-state index in [-0.39, 0.29) is 22.7 Å². The fraction of sp³-hybridized carbons (Fsp3) is 0.150. The molecular formula is C20H15F3N2O4. The van der Waals surface area contributed by atoms with Crippen molar-refractivity contribution >= 4 is 17.6 Å². The van der Waals surface area contributed by atoms with Gasteiger partial charge in [-0.1, -0.05) is 41.6 Å². The standard InChI is InChI=1S/C20H15F3N2O4/c1-12-17(18(25-29-12)13-6-3-2-4-7-13)19(27)28-11-16(26)24-15-9-5-8-14(10-15)20(21,22)23/h2-10H,11H2,1H3,(H,24,26). The van der Waals surface area contributed by atoms with Gasteiger partial charge in [-0.05, 0) is 25.1 Å². The van der Waals surface area contributed by atoms with E-state index >= 15 is 0 Å². The minimum Gasteiger partial charge on any atom is -0.452 e. The number of carbonyl (C=O) groups is 2. The molecule has 1 amide bonds.